The van der Waals surface area contributed by atoms with Crippen LogP contribution in [0.25, 0.3) is 0 Å². The molecule has 4 nitrogen and oxygen atoms in total. The molecule has 2 aromatic carbocycles. The molecule has 0 saturated carbocycles. The zero-order valence-electron chi connectivity index (χ0n) is 17.6. The van der Waals surface area contributed by atoms with Crippen molar-refractivity contribution in [2.75, 3.05) is 26.7 Å². The monoisotopic (exact) mass is 471 g/mol. The van der Waals surface area contributed by atoms with E-state index >= 15 is 0 Å². The van der Waals surface area contributed by atoms with Crippen LogP contribution in [0.1, 0.15) is 43.5 Å². The molecule has 0 N–H and O–H groups in total. The van der Waals surface area contributed by atoms with Gasteiger partial charge in [0.15, 0.2) is 5.78 Å². The molecule has 164 valence electrons. The fourth-order valence-electron chi connectivity index (χ4n) is 3.19. The molecule has 0 amide bonds. The minimum absolute atomic E-state index is 0.00460. The van der Waals surface area contributed by atoms with Crippen LogP contribution < -0.4 is 9.47 Å². The third-order valence-electron chi connectivity index (χ3n) is 4.83. The van der Waals surface area contributed by atoms with Crippen molar-refractivity contribution in [2.24, 2.45) is 0 Å². The van der Waals surface area contributed by atoms with Crippen LogP contribution in [0.5, 0.6) is 11.5 Å². The number of carbonyl (C=O) groups is 1. The summed E-state index contributed by atoms with van der Waals surface area (Å²) in [5, 5.41) is 1.64. The van der Waals surface area contributed by atoms with Gasteiger partial charge in [-0.15, -0.1) is 0 Å². The fourth-order valence-corrected chi connectivity index (χ4v) is 3.67. The molecule has 0 spiro atoms. The molecule has 30 heavy (non-hydrogen) atoms. The van der Waals surface area contributed by atoms with Gasteiger partial charge in [-0.2, -0.15) is 0 Å². The molecule has 1 heterocycles. The number of nitrogens with zero attached hydrogens (tertiary/aromatic N) is 1. The maximum Gasteiger partial charge on any atom is 0.159 e. The van der Waals surface area contributed by atoms with Crippen LogP contribution in [0, 0.1) is 0 Å². The lowest BCUT2D eigenvalue weighted by atomic mass is 10.1. The first-order valence-corrected chi connectivity index (χ1v) is 11.2. The zero-order chi connectivity index (χ0) is 22.1. The van der Waals surface area contributed by atoms with Crippen molar-refractivity contribution in [1.82, 2.24) is 4.90 Å². The molecule has 2 aromatic rings. The summed E-state index contributed by atoms with van der Waals surface area (Å²) in [6.07, 6.45) is 3.69. The maximum atomic E-state index is 10.9. The molecule has 0 bridgehead atoms. The Morgan fingerprint density at radius 2 is 1.70 bits per heavy atom. The number of benzene rings is 2. The summed E-state index contributed by atoms with van der Waals surface area (Å²) in [6, 6.07) is 10.4. The van der Waals surface area contributed by atoms with Crippen LogP contribution in [-0.4, -0.2) is 43.5 Å². The number of Topliss-reactive ketones (excluding diaryl/α,β-unsaturated/α-hetero) is 1. The summed E-state index contributed by atoms with van der Waals surface area (Å²) >= 11 is 17.6. The van der Waals surface area contributed by atoms with Crippen LogP contribution in [0.15, 0.2) is 36.4 Å². The van der Waals surface area contributed by atoms with Gasteiger partial charge in [0.2, 0.25) is 0 Å². The predicted octanol–water partition coefficient (Wildman–Crippen LogP) is 6.80. The normalized spacial score (nSPS) is 14.6. The van der Waals surface area contributed by atoms with E-state index in [4.69, 9.17) is 44.3 Å². The Balaban J connectivity index is 0.000000232. The Hall–Kier alpha value is -1.46. The molecular weight excluding hydrogens is 445 g/mol. The highest BCUT2D eigenvalue weighted by Gasteiger charge is 2.20. The summed E-state index contributed by atoms with van der Waals surface area (Å²) in [5.41, 5.74) is 0.608. The van der Waals surface area contributed by atoms with Gasteiger partial charge in [0.1, 0.15) is 17.6 Å². The Kier molecular flexibility index (Phi) is 10.3. The third kappa shape index (κ3) is 7.66. The molecule has 7 heteroatoms. The second kappa shape index (κ2) is 12.4. The van der Waals surface area contributed by atoms with E-state index in [2.05, 4.69) is 11.8 Å². The van der Waals surface area contributed by atoms with E-state index in [0.717, 1.165) is 31.7 Å². The molecule has 1 aliphatic rings. The lowest BCUT2D eigenvalue weighted by molar-refractivity contribution is 0.101. The van der Waals surface area contributed by atoms with Crippen molar-refractivity contribution in [3.05, 3.63) is 57.0 Å². The summed E-state index contributed by atoms with van der Waals surface area (Å²) in [7, 11) is 1.52. The van der Waals surface area contributed by atoms with E-state index in [9.17, 15) is 4.79 Å². The van der Waals surface area contributed by atoms with Crippen molar-refractivity contribution < 1.29 is 14.3 Å². The van der Waals surface area contributed by atoms with Crippen molar-refractivity contribution in [3.8, 4) is 11.5 Å². The number of likely N-dealkylation sites (tertiary alicyclic amines) is 1. The van der Waals surface area contributed by atoms with Gasteiger partial charge in [-0.1, -0.05) is 41.7 Å². The highest BCUT2D eigenvalue weighted by Crippen LogP contribution is 2.28. The Labute approximate surface area is 194 Å². The zero-order valence-corrected chi connectivity index (χ0v) is 19.9. The van der Waals surface area contributed by atoms with Gasteiger partial charge in [0, 0.05) is 24.7 Å². The van der Waals surface area contributed by atoms with Crippen LogP contribution in [0.3, 0.4) is 0 Å². The van der Waals surface area contributed by atoms with E-state index in [1.54, 1.807) is 30.3 Å². The minimum Gasteiger partial charge on any atom is -0.495 e. The second-order valence-electron chi connectivity index (χ2n) is 7.14. The van der Waals surface area contributed by atoms with Crippen LogP contribution in [-0.2, 0) is 0 Å². The number of rotatable bonds is 6. The molecule has 0 aliphatic carbocycles. The van der Waals surface area contributed by atoms with E-state index in [-0.39, 0.29) is 5.78 Å². The number of ketones is 1. The summed E-state index contributed by atoms with van der Waals surface area (Å²) in [4.78, 5) is 13.4. The van der Waals surface area contributed by atoms with Gasteiger partial charge >= 0.3 is 0 Å². The van der Waals surface area contributed by atoms with Crippen molar-refractivity contribution in [2.45, 2.75) is 39.2 Å². The van der Waals surface area contributed by atoms with E-state index < -0.39 is 0 Å². The molecule has 1 fully saturated rings. The summed E-state index contributed by atoms with van der Waals surface area (Å²) < 4.78 is 10.9. The van der Waals surface area contributed by atoms with Crippen LogP contribution in [0.4, 0.5) is 0 Å². The molecular formula is C23H28Cl3NO3. The van der Waals surface area contributed by atoms with Crippen molar-refractivity contribution >= 4 is 40.6 Å². The molecule has 0 radical (unpaired) electrons. The fraction of sp³-hybridized carbons (Fsp3) is 0.435. The topological polar surface area (TPSA) is 38.8 Å². The second-order valence-corrected chi connectivity index (χ2v) is 8.36. The van der Waals surface area contributed by atoms with E-state index in [1.165, 1.54) is 27.0 Å². The molecule has 0 atom stereocenters. The minimum atomic E-state index is 0.00460. The van der Waals surface area contributed by atoms with E-state index in [0.29, 0.717) is 32.5 Å². The van der Waals surface area contributed by atoms with Crippen LogP contribution >= 0.6 is 34.8 Å². The SMILES string of the molecule is CCCN1CCC(Oc2ccc(Cl)c(Cl)c2)CC1.COc1cc(C(C)=O)ccc1Cl. The van der Waals surface area contributed by atoms with Gasteiger partial charge in [0.25, 0.3) is 0 Å². The Morgan fingerprint density at radius 3 is 2.27 bits per heavy atom. The lowest BCUT2D eigenvalue weighted by Gasteiger charge is -2.31. The summed E-state index contributed by atoms with van der Waals surface area (Å²) in [5.74, 6) is 1.35. The molecule has 3 rings (SSSR count). The highest BCUT2D eigenvalue weighted by atomic mass is 35.5. The number of ether oxygens (including phenoxy) is 2. The average molecular weight is 473 g/mol. The molecule has 1 aliphatic heterocycles. The first-order valence-electron chi connectivity index (χ1n) is 10.0. The molecule has 0 unspecified atom stereocenters. The quantitative estimate of drug-likeness (QED) is 0.433. The number of hydrogen-bond donors (Lipinski definition) is 0. The van der Waals surface area contributed by atoms with Gasteiger partial charge in [0.05, 0.1) is 22.2 Å². The number of halogens is 3. The van der Waals surface area contributed by atoms with Crippen LogP contribution in [0.2, 0.25) is 15.1 Å². The molecule has 0 aromatic heterocycles. The predicted molar refractivity (Wildman–Crippen MR) is 125 cm³/mol. The van der Waals surface area contributed by atoms with Gasteiger partial charge in [-0.3, -0.25) is 4.79 Å². The largest absolute Gasteiger partial charge is 0.495 e. The third-order valence-corrected chi connectivity index (χ3v) is 5.88. The van der Waals surface area contributed by atoms with Gasteiger partial charge < -0.3 is 14.4 Å². The number of hydrogen-bond acceptors (Lipinski definition) is 4. The number of piperidine rings is 1. The number of methoxy groups -OCH3 is 1. The molecule has 1 saturated heterocycles. The highest BCUT2D eigenvalue weighted by molar-refractivity contribution is 6.42. The Morgan fingerprint density at radius 1 is 1.03 bits per heavy atom. The first-order chi connectivity index (χ1) is 14.3. The van der Waals surface area contributed by atoms with Crippen molar-refractivity contribution in [3.63, 3.8) is 0 Å². The van der Waals surface area contributed by atoms with E-state index in [1.807, 2.05) is 6.07 Å². The summed E-state index contributed by atoms with van der Waals surface area (Å²) in [6.45, 7) is 7.17. The van der Waals surface area contributed by atoms with Gasteiger partial charge in [-0.05, 0) is 63.1 Å². The number of carbonyl (C=O) groups excluding carboxylic acids is 1. The lowest BCUT2D eigenvalue weighted by Crippen LogP contribution is -2.38. The van der Waals surface area contributed by atoms with Crippen molar-refractivity contribution in [1.29, 1.82) is 0 Å². The average Bonchev–Trinajstić information content (AvgIpc) is 2.73. The standard InChI is InChI=1S/C14H19Cl2NO.C9H9ClO2/c1-2-7-17-8-5-11(6-9-17)18-12-3-4-13(15)14(16)10-12;1-6(11)7-3-4-8(10)9(5-7)12-2/h3-4,10-11H,2,5-9H2,1H3;3-5H,1-2H3. The first kappa shape index (κ1) is 24.8. The smallest absolute Gasteiger partial charge is 0.159 e. The van der Waals surface area contributed by atoms with Gasteiger partial charge in [-0.25, -0.2) is 0 Å². The maximum absolute atomic E-state index is 10.9. The Bertz CT molecular complexity index is 836.